The van der Waals surface area contributed by atoms with Crippen LogP contribution in [0.25, 0.3) is 0 Å². The Kier molecular flexibility index (Phi) is 3.52. The van der Waals surface area contributed by atoms with E-state index in [1.54, 1.807) is 36.5 Å². The Morgan fingerprint density at radius 2 is 1.61 bits per heavy atom. The average molecular weight is 245 g/mol. The molecule has 5 nitrogen and oxygen atoms in total. The van der Waals surface area contributed by atoms with Gasteiger partial charge in [0.15, 0.2) is 0 Å². The van der Waals surface area contributed by atoms with E-state index in [2.05, 4.69) is 0 Å². The molecule has 1 fully saturated rings. The molecule has 0 aromatic heterocycles. The van der Waals surface area contributed by atoms with Gasteiger partial charge in [0.25, 0.3) is 11.8 Å². The van der Waals surface area contributed by atoms with Crippen molar-refractivity contribution in [2.24, 2.45) is 0 Å². The third-order valence-corrected chi connectivity index (χ3v) is 2.41. The van der Waals surface area contributed by atoms with Crippen LogP contribution in [0.15, 0.2) is 48.1 Å². The van der Waals surface area contributed by atoms with Crippen molar-refractivity contribution in [3.63, 3.8) is 0 Å². The molecule has 0 bridgehead atoms. The molecule has 18 heavy (non-hydrogen) atoms. The molecule has 92 valence electrons. The van der Waals surface area contributed by atoms with Crippen molar-refractivity contribution in [2.75, 3.05) is 0 Å². The number of allylic oxidation sites excluding steroid dienone is 6. The summed E-state index contributed by atoms with van der Waals surface area (Å²) < 4.78 is 0. The van der Waals surface area contributed by atoms with Crippen molar-refractivity contribution in [1.82, 2.24) is 5.06 Å². The molecule has 0 saturated carbocycles. The maximum Gasteiger partial charge on any atom is 0.363 e. The van der Waals surface area contributed by atoms with Gasteiger partial charge in [-0.1, -0.05) is 30.4 Å². The van der Waals surface area contributed by atoms with Gasteiger partial charge in [-0.2, -0.15) is 0 Å². The van der Waals surface area contributed by atoms with Gasteiger partial charge in [0, 0.05) is 12.8 Å². The Labute approximate surface area is 104 Å². The van der Waals surface area contributed by atoms with Crippen LogP contribution in [-0.2, 0) is 19.2 Å². The van der Waals surface area contributed by atoms with Gasteiger partial charge >= 0.3 is 5.97 Å². The van der Waals surface area contributed by atoms with Crippen LogP contribution in [0.4, 0.5) is 0 Å². The fraction of sp³-hybridized carbons (Fsp3) is 0.154. The molecule has 2 rings (SSSR count). The van der Waals surface area contributed by atoms with Crippen molar-refractivity contribution in [2.45, 2.75) is 12.8 Å². The van der Waals surface area contributed by atoms with Gasteiger partial charge in [0.1, 0.15) is 0 Å². The van der Waals surface area contributed by atoms with Gasteiger partial charge in [-0.15, -0.1) is 5.06 Å². The minimum atomic E-state index is -0.727. The lowest BCUT2D eigenvalue weighted by Gasteiger charge is -2.12. The highest BCUT2D eigenvalue weighted by molar-refractivity contribution is 6.03. The zero-order chi connectivity index (χ0) is 13.0. The second-order valence-electron chi connectivity index (χ2n) is 3.71. The lowest BCUT2D eigenvalue weighted by atomic mass is 10.2. The number of hydrogen-bond donors (Lipinski definition) is 0. The van der Waals surface area contributed by atoms with Crippen molar-refractivity contribution in [3.8, 4) is 0 Å². The second-order valence-corrected chi connectivity index (χ2v) is 3.71. The van der Waals surface area contributed by atoms with Crippen molar-refractivity contribution < 1.29 is 19.2 Å². The third kappa shape index (κ3) is 2.63. The Hall–Kier alpha value is -2.43. The minimum Gasteiger partial charge on any atom is -0.325 e. The van der Waals surface area contributed by atoms with E-state index < -0.39 is 17.8 Å². The van der Waals surface area contributed by atoms with Gasteiger partial charge in [-0.25, -0.2) is 4.79 Å². The first-order valence-corrected chi connectivity index (χ1v) is 5.48. The zero-order valence-corrected chi connectivity index (χ0v) is 9.54. The molecular formula is C13H11NO4. The highest BCUT2D eigenvalue weighted by Gasteiger charge is 2.33. The quantitative estimate of drug-likeness (QED) is 0.686. The van der Waals surface area contributed by atoms with Gasteiger partial charge in [0.2, 0.25) is 0 Å². The Bertz CT molecular complexity index is 495. The SMILES string of the molecule is O=C(ON1C(=O)CCC1=O)C1=C/C=C\C=C/C=C1. The molecule has 0 aromatic rings. The first-order chi connectivity index (χ1) is 8.68. The molecule has 0 N–H and O–H groups in total. The summed E-state index contributed by atoms with van der Waals surface area (Å²) in [7, 11) is 0. The number of rotatable bonds is 2. The van der Waals surface area contributed by atoms with E-state index in [1.807, 2.05) is 6.08 Å². The highest BCUT2D eigenvalue weighted by atomic mass is 16.7. The van der Waals surface area contributed by atoms with E-state index in [4.69, 9.17) is 4.84 Å². The van der Waals surface area contributed by atoms with Gasteiger partial charge in [0.05, 0.1) is 5.57 Å². The molecule has 0 unspecified atom stereocenters. The molecule has 0 spiro atoms. The molecule has 1 aliphatic heterocycles. The van der Waals surface area contributed by atoms with Crippen LogP contribution in [0.2, 0.25) is 0 Å². The number of amides is 2. The molecule has 0 aromatic carbocycles. The molecule has 2 amide bonds. The summed E-state index contributed by atoms with van der Waals surface area (Å²) in [5.74, 6) is -1.70. The summed E-state index contributed by atoms with van der Waals surface area (Å²) in [5.41, 5.74) is 0.267. The largest absolute Gasteiger partial charge is 0.363 e. The maximum atomic E-state index is 11.8. The average Bonchev–Trinajstić information content (AvgIpc) is 2.60. The predicted octanol–water partition coefficient (Wildman–Crippen LogP) is 1.20. The van der Waals surface area contributed by atoms with E-state index in [0.717, 1.165) is 0 Å². The lowest BCUT2D eigenvalue weighted by molar-refractivity contribution is -0.194. The summed E-state index contributed by atoms with van der Waals surface area (Å²) in [6.07, 6.45) is 11.9. The summed E-state index contributed by atoms with van der Waals surface area (Å²) >= 11 is 0. The van der Waals surface area contributed by atoms with Crippen LogP contribution in [0.3, 0.4) is 0 Å². The van der Waals surface area contributed by atoms with Crippen LogP contribution in [0.1, 0.15) is 12.8 Å². The van der Waals surface area contributed by atoms with E-state index in [9.17, 15) is 14.4 Å². The van der Waals surface area contributed by atoms with Crippen LogP contribution >= 0.6 is 0 Å². The van der Waals surface area contributed by atoms with Crippen LogP contribution in [0.5, 0.6) is 0 Å². The smallest absolute Gasteiger partial charge is 0.325 e. The third-order valence-electron chi connectivity index (χ3n) is 2.41. The number of hydroxylamine groups is 2. The molecule has 0 radical (unpaired) electrons. The fourth-order valence-corrected chi connectivity index (χ4v) is 1.50. The molecule has 1 aliphatic carbocycles. The number of nitrogens with zero attached hydrogens (tertiary/aromatic N) is 1. The molecule has 0 atom stereocenters. The Morgan fingerprint density at radius 1 is 1.00 bits per heavy atom. The molecule has 5 heteroatoms. The topological polar surface area (TPSA) is 63.7 Å². The summed E-state index contributed by atoms with van der Waals surface area (Å²) in [5, 5.41) is 0.537. The molecule has 1 saturated heterocycles. The van der Waals surface area contributed by atoms with E-state index in [1.165, 1.54) is 0 Å². The van der Waals surface area contributed by atoms with Crippen molar-refractivity contribution >= 4 is 17.8 Å². The van der Waals surface area contributed by atoms with Crippen LogP contribution in [-0.4, -0.2) is 22.8 Å². The second kappa shape index (κ2) is 5.27. The summed E-state index contributed by atoms with van der Waals surface area (Å²) in [6.45, 7) is 0. The minimum absolute atomic E-state index is 0.0869. The monoisotopic (exact) mass is 245 g/mol. The normalized spacial score (nSPS) is 22.2. The first kappa shape index (κ1) is 12.0. The van der Waals surface area contributed by atoms with E-state index in [0.29, 0.717) is 5.06 Å². The number of carbonyl (C=O) groups excluding carboxylic acids is 3. The van der Waals surface area contributed by atoms with Gasteiger partial charge < -0.3 is 4.84 Å². The number of imide groups is 1. The van der Waals surface area contributed by atoms with Gasteiger partial charge in [-0.05, 0) is 12.2 Å². The van der Waals surface area contributed by atoms with E-state index in [-0.39, 0.29) is 18.4 Å². The van der Waals surface area contributed by atoms with E-state index >= 15 is 0 Å². The Morgan fingerprint density at radius 3 is 2.33 bits per heavy atom. The van der Waals surface area contributed by atoms with Crippen molar-refractivity contribution in [1.29, 1.82) is 0 Å². The van der Waals surface area contributed by atoms with Crippen LogP contribution in [0, 0.1) is 0 Å². The first-order valence-electron chi connectivity index (χ1n) is 5.48. The molecule has 1 heterocycles. The lowest BCUT2D eigenvalue weighted by Crippen LogP contribution is -2.32. The molecular weight excluding hydrogens is 234 g/mol. The number of hydrogen-bond acceptors (Lipinski definition) is 4. The Balaban J connectivity index is 2.08. The highest BCUT2D eigenvalue weighted by Crippen LogP contribution is 2.14. The molecule has 2 aliphatic rings. The predicted molar refractivity (Wildman–Crippen MR) is 62.7 cm³/mol. The standard InChI is InChI=1S/C13H11NO4/c15-11-8-9-12(16)14(11)18-13(17)10-6-4-2-1-3-5-7-10/h1-7H,8-9H2/b2-1-,3-1?,4-2?,5-3-,6-4?,7-5?,10-6?,10-7?. The summed E-state index contributed by atoms with van der Waals surface area (Å²) in [6, 6.07) is 0. The fourth-order valence-electron chi connectivity index (χ4n) is 1.50. The van der Waals surface area contributed by atoms with Crippen LogP contribution < -0.4 is 0 Å². The number of carbonyl (C=O) groups is 3. The zero-order valence-electron chi connectivity index (χ0n) is 9.54. The van der Waals surface area contributed by atoms with Crippen molar-refractivity contribution in [3.05, 3.63) is 48.1 Å². The maximum absolute atomic E-state index is 11.8. The summed E-state index contributed by atoms with van der Waals surface area (Å²) in [4.78, 5) is 39.1. The van der Waals surface area contributed by atoms with Gasteiger partial charge in [-0.3, -0.25) is 9.59 Å².